The van der Waals surface area contributed by atoms with Crippen LogP contribution in [0.5, 0.6) is 0 Å². The van der Waals surface area contributed by atoms with Crippen molar-refractivity contribution in [1.29, 1.82) is 0 Å². The van der Waals surface area contributed by atoms with Gasteiger partial charge in [0, 0.05) is 23.4 Å². The molecule has 0 spiro atoms. The molecule has 0 radical (unpaired) electrons. The molecule has 3 aromatic carbocycles. The number of fused-ring (bicyclic) bond motifs is 1. The van der Waals surface area contributed by atoms with E-state index in [-0.39, 0.29) is 11.5 Å². The maximum Gasteiger partial charge on any atom is 0.258 e. The maximum absolute atomic E-state index is 13.7. The molecule has 0 bridgehead atoms. The van der Waals surface area contributed by atoms with Crippen LogP contribution in [0, 0.1) is 11.6 Å². The molecule has 1 aliphatic heterocycles. The summed E-state index contributed by atoms with van der Waals surface area (Å²) in [5.41, 5.74) is 2.15. The quantitative estimate of drug-likeness (QED) is 0.734. The predicted molar refractivity (Wildman–Crippen MR) is 103 cm³/mol. The number of amides is 2. The Labute approximate surface area is 160 Å². The van der Waals surface area contributed by atoms with Gasteiger partial charge in [-0.2, -0.15) is 0 Å². The minimum Gasteiger partial charge on any atom is -0.317 e. The Balaban J connectivity index is 1.51. The molecule has 0 unspecified atom stereocenters. The summed E-state index contributed by atoms with van der Waals surface area (Å²) in [7, 11) is 0. The van der Waals surface area contributed by atoms with Gasteiger partial charge in [-0.05, 0) is 54.4 Å². The molecule has 0 aliphatic carbocycles. The zero-order chi connectivity index (χ0) is 19.7. The summed E-state index contributed by atoms with van der Waals surface area (Å²) in [5.74, 6) is -2.52. The van der Waals surface area contributed by atoms with Crippen LogP contribution in [0.3, 0.4) is 0 Å². The summed E-state index contributed by atoms with van der Waals surface area (Å²) in [5, 5.41) is 2.23. The van der Waals surface area contributed by atoms with E-state index in [1.165, 1.54) is 30.3 Å². The number of nitrogens with one attached hydrogen (secondary N) is 1. The van der Waals surface area contributed by atoms with Crippen molar-refractivity contribution in [2.24, 2.45) is 0 Å². The molecule has 1 heterocycles. The monoisotopic (exact) mass is 378 g/mol. The van der Waals surface area contributed by atoms with Gasteiger partial charge >= 0.3 is 0 Å². The minimum atomic E-state index is -0.854. The van der Waals surface area contributed by atoms with E-state index in [0.29, 0.717) is 12.1 Å². The van der Waals surface area contributed by atoms with Gasteiger partial charge in [0.1, 0.15) is 17.3 Å². The summed E-state index contributed by atoms with van der Waals surface area (Å²) < 4.78 is 27.4. The van der Waals surface area contributed by atoms with Gasteiger partial charge in [0.25, 0.3) is 11.8 Å². The second kappa shape index (κ2) is 7.23. The Bertz CT molecular complexity index is 1040. The summed E-state index contributed by atoms with van der Waals surface area (Å²) in [6, 6.07) is 17.1. The molecule has 2 amide bonds. The van der Waals surface area contributed by atoms with Gasteiger partial charge in [-0.25, -0.2) is 8.78 Å². The number of para-hydroxylation sites is 2. The van der Waals surface area contributed by atoms with Crippen LogP contribution in [0.25, 0.3) is 0 Å². The van der Waals surface area contributed by atoms with Gasteiger partial charge < -0.3 is 10.2 Å². The number of nitrogens with zero attached hydrogens (tertiary/aromatic N) is 1. The third-order valence-corrected chi connectivity index (χ3v) is 4.73. The van der Waals surface area contributed by atoms with E-state index in [9.17, 15) is 18.4 Å². The molecule has 0 saturated carbocycles. The second-order valence-electron chi connectivity index (χ2n) is 6.46. The number of anilines is 2. The fraction of sp³-hybridized carbons (Fsp3) is 0.0909. The lowest BCUT2D eigenvalue weighted by Crippen LogP contribution is -2.28. The van der Waals surface area contributed by atoms with E-state index in [1.807, 2.05) is 24.3 Å². The van der Waals surface area contributed by atoms with Gasteiger partial charge in [-0.1, -0.05) is 24.3 Å². The van der Waals surface area contributed by atoms with Crippen LogP contribution >= 0.6 is 0 Å². The predicted octanol–water partition coefficient (Wildman–Crippen LogP) is 4.42. The van der Waals surface area contributed by atoms with E-state index in [1.54, 1.807) is 4.90 Å². The largest absolute Gasteiger partial charge is 0.317 e. The third-order valence-electron chi connectivity index (χ3n) is 4.73. The van der Waals surface area contributed by atoms with Gasteiger partial charge in [-0.3, -0.25) is 9.59 Å². The van der Waals surface area contributed by atoms with Gasteiger partial charge in [-0.15, -0.1) is 0 Å². The number of carbonyl (C=O) groups excluding carboxylic acids is 2. The van der Waals surface area contributed by atoms with Crippen LogP contribution in [-0.2, 0) is 6.42 Å². The van der Waals surface area contributed by atoms with Crippen LogP contribution in [0.1, 0.15) is 26.3 Å². The molecule has 4 rings (SSSR count). The fourth-order valence-electron chi connectivity index (χ4n) is 3.27. The van der Waals surface area contributed by atoms with E-state index >= 15 is 0 Å². The lowest BCUT2D eigenvalue weighted by molar-refractivity contribution is 0.0986. The van der Waals surface area contributed by atoms with E-state index in [2.05, 4.69) is 5.32 Å². The molecule has 140 valence electrons. The second-order valence-corrected chi connectivity index (χ2v) is 6.46. The van der Waals surface area contributed by atoms with Crippen molar-refractivity contribution in [2.75, 3.05) is 16.8 Å². The lowest BCUT2D eigenvalue weighted by Gasteiger charge is -2.17. The summed E-state index contributed by atoms with van der Waals surface area (Å²) in [6.07, 6.45) is 0.802. The van der Waals surface area contributed by atoms with E-state index < -0.39 is 23.2 Å². The van der Waals surface area contributed by atoms with Crippen molar-refractivity contribution in [3.63, 3.8) is 0 Å². The minimum absolute atomic E-state index is 0.156. The molecular weight excluding hydrogens is 362 g/mol. The fourth-order valence-corrected chi connectivity index (χ4v) is 3.27. The number of rotatable bonds is 3. The van der Waals surface area contributed by atoms with Crippen LogP contribution in [0.2, 0.25) is 0 Å². The summed E-state index contributed by atoms with van der Waals surface area (Å²) in [6.45, 7) is 0.604. The van der Waals surface area contributed by atoms with Crippen molar-refractivity contribution in [2.45, 2.75) is 6.42 Å². The average Bonchev–Trinajstić information content (AvgIpc) is 3.14. The van der Waals surface area contributed by atoms with E-state index in [0.717, 1.165) is 29.8 Å². The smallest absolute Gasteiger partial charge is 0.258 e. The highest BCUT2D eigenvalue weighted by Gasteiger charge is 2.25. The van der Waals surface area contributed by atoms with Crippen molar-refractivity contribution < 1.29 is 18.4 Å². The molecule has 6 heteroatoms. The number of hydrogen-bond donors (Lipinski definition) is 1. The molecule has 0 atom stereocenters. The molecule has 1 N–H and O–H groups in total. The molecule has 0 fully saturated rings. The summed E-state index contributed by atoms with van der Waals surface area (Å²) >= 11 is 0. The lowest BCUT2D eigenvalue weighted by atomic mass is 10.1. The van der Waals surface area contributed by atoms with Crippen molar-refractivity contribution in [1.82, 2.24) is 0 Å². The molecule has 28 heavy (non-hydrogen) atoms. The number of benzene rings is 3. The third kappa shape index (κ3) is 3.24. The number of halogens is 2. The Morgan fingerprint density at radius 3 is 2.18 bits per heavy atom. The van der Waals surface area contributed by atoms with E-state index in [4.69, 9.17) is 0 Å². The first-order valence-corrected chi connectivity index (χ1v) is 8.80. The molecule has 0 aromatic heterocycles. The standard InChI is InChI=1S/C22H16F2N2O2/c23-17-5-3-6-18(24)20(17)25-21(27)15-8-10-16(11-9-15)22(28)26-13-12-14-4-1-2-7-19(14)26/h1-11H,12-13H2,(H,25,27). The molecule has 0 saturated heterocycles. The first-order chi connectivity index (χ1) is 13.5. The Hall–Kier alpha value is -3.54. The normalized spacial score (nSPS) is 12.6. The highest BCUT2D eigenvalue weighted by Crippen LogP contribution is 2.29. The number of hydrogen-bond acceptors (Lipinski definition) is 2. The Morgan fingerprint density at radius 1 is 0.821 bits per heavy atom. The van der Waals surface area contributed by atoms with Gasteiger partial charge in [0.15, 0.2) is 0 Å². The molecule has 4 nitrogen and oxygen atoms in total. The highest BCUT2D eigenvalue weighted by atomic mass is 19.1. The first-order valence-electron chi connectivity index (χ1n) is 8.80. The van der Waals surface area contributed by atoms with Crippen LogP contribution in [-0.4, -0.2) is 18.4 Å². The van der Waals surface area contributed by atoms with Gasteiger partial charge in [0.05, 0.1) is 0 Å². The Morgan fingerprint density at radius 2 is 1.46 bits per heavy atom. The Kier molecular flexibility index (Phi) is 4.61. The van der Waals surface area contributed by atoms with Crippen molar-refractivity contribution in [3.05, 3.63) is 95.1 Å². The van der Waals surface area contributed by atoms with Crippen molar-refractivity contribution in [3.8, 4) is 0 Å². The SMILES string of the molecule is O=C(Nc1c(F)cccc1F)c1ccc(C(=O)N2CCc3ccccc32)cc1. The number of carbonyl (C=O) groups is 2. The van der Waals surface area contributed by atoms with Crippen LogP contribution in [0.15, 0.2) is 66.7 Å². The van der Waals surface area contributed by atoms with Crippen LogP contribution in [0.4, 0.5) is 20.2 Å². The molecule has 3 aromatic rings. The van der Waals surface area contributed by atoms with Crippen molar-refractivity contribution >= 4 is 23.2 Å². The molecular formula is C22H16F2N2O2. The molecule has 1 aliphatic rings. The maximum atomic E-state index is 13.7. The summed E-state index contributed by atoms with van der Waals surface area (Å²) in [4.78, 5) is 26.8. The topological polar surface area (TPSA) is 49.4 Å². The average molecular weight is 378 g/mol. The zero-order valence-corrected chi connectivity index (χ0v) is 14.8. The zero-order valence-electron chi connectivity index (χ0n) is 14.8. The first kappa shape index (κ1) is 17.9. The highest BCUT2D eigenvalue weighted by molar-refractivity contribution is 6.09. The van der Waals surface area contributed by atoms with Crippen LogP contribution < -0.4 is 10.2 Å². The van der Waals surface area contributed by atoms with Gasteiger partial charge in [0.2, 0.25) is 0 Å².